The molecule has 1 amide bonds. The molecule has 0 unspecified atom stereocenters. The van der Waals surface area contributed by atoms with E-state index in [2.05, 4.69) is 10.4 Å². The standard InChI is InChI=1S/C11H19N3O2/c1-4-9-6-10(14(5-2)13-9)11(16)12-7-8(3)15/h6,8,15H,4-5,7H2,1-3H3,(H,12,16)/t8-/m1/s1. The zero-order chi connectivity index (χ0) is 12.1. The molecule has 0 spiro atoms. The van der Waals surface area contributed by atoms with Crippen LogP contribution in [0.2, 0.25) is 0 Å². The Morgan fingerprint density at radius 3 is 2.81 bits per heavy atom. The third kappa shape index (κ3) is 3.06. The van der Waals surface area contributed by atoms with E-state index in [9.17, 15) is 4.79 Å². The minimum absolute atomic E-state index is 0.185. The third-order valence-corrected chi connectivity index (χ3v) is 2.28. The molecule has 0 aliphatic heterocycles. The van der Waals surface area contributed by atoms with E-state index in [0.29, 0.717) is 12.2 Å². The van der Waals surface area contributed by atoms with Gasteiger partial charge >= 0.3 is 0 Å². The van der Waals surface area contributed by atoms with Crippen LogP contribution in [0.4, 0.5) is 0 Å². The van der Waals surface area contributed by atoms with Crippen molar-refractivity contribution in [3.05, 3.63) is 17.5 Å². The van der Waals surface area contributed by atoms with Gasteiger partial charge < -0.3 is 10.4 Å². The molecule has 1 rings (SSSR count). The second-order valence-corrected chi connectivity index (χ2v) is 3.75. The number of amides is 1. The number of hydrogen-bond acceptors (Lipinski definition) is 3. The average Bonchev–Trinajstić information content (AvgIpc) is 2.68. The molecule has 0 radical (unpaired) electrons. The lowest BCUT2D eigenvalue weighted by atomic mass is 10.3. The van der Waals surface area contributed by atoms with Gasteiger partial charge in [0.2, 0.25) is 0 Å². The van der Waals surface area contributed by atoms with Gasteiger partial charge in [-0.15, -0.1) is 0 Å². The summed E-state index contributed by atoms with van der Waals surface area (Å²) in [5, 5.41) is 16.0. The molecule has 1 atom stereocenters. The van der Waals surface area contributed by atoms with Crippen molar-refractivity contribution in [2.24, 2.45) is 0 Å². The van der Waals surface area contributed by atoms with Crippen molar-refractivity contribution < 1.29 is 9.90 Å². The molecule has 0 aliphatic rings. The largest absolute Gasteiger partial charge is 0.392 e. The highest BCUT2D eigenvalue weighted by atomic mass is 16.3. The lowest BCUT2D eigenvalue weighted by Crippen LogP contribution is -2.32. The monoisotopic (exact) mass is 225 g/mol. The maximum atomic E-state index is 11.8. The van der Waals surface area contributed by atoms with E-state index >= 15 is 0 Å². The number of nitrogens with one attached hydrogen (secondary N) is 1. The molecule has 5 heteroatoms. The van der Waals surface area contributed by atoms with Gasteiger partial charge in [0.1, 0.15) is 5.69 Å². The number of carbonyl (C=O) groups excluding carboxylic acids is 1. The van der Waals surface area contributed by atoms with Gasteiger partial charge in [0, 0.05) is 13.1 Å². The highest BCUT2D eigenvalue weighted by molar-refractivity contribution is 5.92. The SMILES string of the molecule is CCc1cc(C(=O)NC[C@@H](C)O)n(CC)n1. The summed E-state index contributed by atoms with van der Waals surface area (Å²) in [6, 6.07) is 1.79. The number of aromatic nitrogens is 2. The van der Waals surface area contributed by atoms with E-state index in [1.54, 1.807) is 17.7 Å². The highest BCUT2D eigenvalue weighted by Crippen LogP contribution is 2.05. The number of rotatable bonds is 5. The number of aliphatic hydroxyl groups is 1. The van der Waals surface area contributed by atoms with E-state index in [-0.39, 0.29) is 12.5 Å². The van der Waals surface area contributed by atoms with E-state index in [1.165, 1.54) is 0 Å². The summed E-state index contributed by atoms with van der Waals surface area (Å²) >= 11 is 0. The van der Waals surface area contributed by atoms with Gasteiger partial charge in [0.15, 0.2) is 0 Å². The van der Waals surface area contributed by atoms with Crippen LogP contribution in [0.15, 0.2) is 6.07 Å². The molecule has 0 bridgehead atoms. The van der Waals surface area contributed by atoms with Gasteiger partial charge in [-0.3, -0.25) is 9.48 Å². The van der Waals surface area contributed by atoms with Gasteiger partial charge in [0.25, 0.3) is 5.91 Å². The van der Waals surface area contributed by atoms with Crippen LogP contribution in [-0.4, -0.2) is 33.4 Å². The Hall–Kier alpha value is -1.36. The Balaban J connectivity index is 2.77. The van der Waals surface area contributed by atoms with Gasteiger partial charge in [-0.25, -0.2) is 0 Å². The van der Waals surface area contributed by atoms with Crippen LogP contribution in [-0.2, 0) is 13.0 Å². The summed E-state index contributed by atoms with van der Waals surface area (Å²) in [7, 11) is 0. The molecule has 16 heavy (non-hydrogen) atoms. The Morgan fingerprint density at radius 2 is 2.31 bits per heavy atom. The average molecular weight is 225 g/mol. The molecule has 90 valence electrons. The molecule has 0 saturated heterocycles. The Morgan fingerprint density at radius 1 is 1.62 bits per heavy atom. The summed E-state index contributed by atoms with van der Waals surface area (Å²) < 4.78 is 1.68. The number of aliphatic hydroxyl groups excluding tert-OH is 1. The first-order chi connectivity index (χ1) is 7.58. The fraction of sp³-hybridized carbons (Fsp3) is 0.636. The normalized spacial score (nSPS) is 12.5. The Bertz CT molecular complexity index is 358. The fourth-order valence-electron chi connectivity index (χ4n) is 1.40. The first-order valence-corrected chi connectivity index (χ1v) is 5.61. The third-order valence-electron chi connectivity index (χ3n) is 2.28. The van der Waals surface area contributed by atoms with Crippen molar-refractivity contribution in [2.45, 2.75) is 39.8 Å². The van der Waals surface area contributed by atoms with Crippen molar-refractivity contribution in [3.8, 4) is 0 Å². The maximum Gasteiger partial charge on any atom is 0.269 e. The molecule has 1 aromatic rings. The second kappa shape index (κ2) is 5.65. The van der Waals surface area contributed by atoms with E-state index in [1.807, 2.05) is 13.8 Å². The van der Waals surface area contributed by atoms with Crippen molar-refractivity contribution >= 4 is 5.91 Å². The van der Waals surface area contributed by atoms with Crippen LogP contribution in [0.5, 0.6) is 0 Å². The summed E-state index contributed by atoms with van der Waals surface area (Å²) in [5.74, 6) is -0.185. The van der Waals surface area contributed by atoms with Gasteiger partial charge in [-0.05, 0) is 26.3 Å². The van der Waals surface area contributed by atoms with E-state index < -0.39 is 6.10 Å². The molecule has 2 N–H and O–H groups in total. The molecule has 0 saturated carbocycles. The molecule has 1 aromatic heterocycles. The van der Waals surface area contributed by atoms with Crippen LogP contribution in [0.3, 0.4) is 0 Å². The van der Waals surface area contributed by atoms with Crippen molar-refractivity contribution in [1.82, 2.24) is 15.1 Å². The quantitative estimate of drug-likeness (QED) is 0.770. The van der Waals surface area contributed by atoms with E-state index in [4.69, 9.17) is 5.11 Å². The molecule has 0 aromatic carbocycles. The Kier molecular flexibility index (Phi) is 4.49. The summed E-state index contributed by atoms with van der Waals surface area (Å²) in [6.07, 6.45) is 0.275. The minimum atomic E-state index is -0.535. The lowest BCUT2D eigenvalue weighted by molar-refractivity contribution is 0.0913. The number of carbonyl (C=O) groups is 1. The zero-order valence-electron chi connectivity index (χ0n) is 10.0. The summed E-state index contributed by atoms with van der Waals surface area (Å²) in [5.41, 5.74) is 1.46. The van der Waals surface area contributed by atoms with Gasteiger partial charge in [-0.1, -0.05) is 6.92 Å². The predicted molar refractivity (Wildman–Crippen MR) is 61.3 cm³/mol. The second-order valence-electron chi connectivity index (χ2n) is 3.75. The minimum Gasteiger partial charge on any atom is -0.392 e. The first-order valence-electron chi connectivity index (χ1n) is 5.61. The van der Waals surface area contributed by atoms with Gasteiger partial charge in [0.05, 0.1) is 11.8 Å². The fourth-order valence-corrected chi connectivity index (χ4v) is 1.40. The number of hydrogen-bond donors (Lipinski definition) is 2. The number of nitrogens with zero attached hydrogens (tertiary/aromatic N) is 2. The first kappa shape index (κ1) is 12.7. The molecule has 1 heterocycles. The van der Waals surface area contributed by atoms with Crippen LogP contribution in [0, 0.1) is 0 Å². The van der Waals surface area contributed by atoms with Crippen LogP contribution >= 0.6 is 0 Å². The summed E-state index contributed by atoms with van der Waals surface area (Å²) in [4.78, 5) is 11.8. The maximum absolute atomic E-state index is 11.8. The van der Waals surface area contributed by atoms with Crippen LogP contribution < -0.4 is 5.32 Å². The Labute approximate surface area is 95.5 Å². The highest BCUT2D eigenvalue weighted by Gasteiger charge is 2.13. The van der Waals surface area contributed by atoms with Crippen LogP contribution in [0.1, 0.15) is 37.0 Å². The van der Waals surface area contributed by atoms with E-state index in [0.717, 1.165) is 12.1 Å². The zero-order valence-corrected chi connectivity index (χ0v) is 10.0. The summed E-state index contributed by atoms with van der Waals surface area (Å²) in [6.45, 7) is 6.50. The molecule has 0 aliphatic carbocycles. The molecule has 0 fully saturated rings. The molecular formula is C11H19N3O2. The lowest BCUT2D eigenvalue weighted by Gasteiger charge is -2.07. The topological polar surface area (TPSA) is 67.2 Å². The van der Waals surface area contributed by atoms with Crippen molar-refractivity contribution in [2.75, 3.05) is 6.54 Å². The number of aryl methyl sites for hydroxylation is 2. The van der Waals surface area contributed by atoms with Crippen molar-refractivity contribution in [1.29, 1.82) is 0 Å². The van der Waals surface area contributed by atoms with Crippen LogP contribution in [0.25, 0.3) is 0 Å². The smallest absolute Gasteiger partial charge is 0.269 e. The van der Waals surface area contributed by atoms with Gasteiger partial charge in [-0.2, -0.15) is 5.10 Å². The van der Waals surface area contributed by atoms with Crippen molar-refractivity contribution in [3.63, 3.8) is 0 Å². The molecule has 5 nitrogen and oxygen atoms in total. The predicted octanol–water partition coefficient (Wildman–Crippen LogP) is 0.576. The molecular weight excluding hydrogens is 206 g/mol.